The number of likely N-dealkylation sites (tertiary alicyclic amines) is 2. The monoisotopic (exact) mass is 832 g/mol. The fourth-order valence-electron chi connectivity index (χ4n) is 9.16. The lowest BCUT2D eigenvalue weighted by Crippen LogP contribution is -2.50. The Bertz CT molecular complexity index is 2550. The Morgan fingerprint density at radius 1 is 0.836 bits per heavy atom. The fourth-order valence-corrected chi connectivity index (χ4v) is 9.16. The van der Waals surface area contributed by atoms with Crippen LogP contribution in [0.3, 0.4) is 0 Å². The Kier molecular flexibility index (Phi) is 11.5. The number of hydrogen-bond acceptors (Lipinski definition) is 12. The molecule has 1 unspecified atom stereocenters. The van der Waals surface area contributed by atoms with E-state index in [4.69, 9.17) is 4.42 Å². The number of anilines is 2. The quantitative estimate of drug-likeness (QED) is 0.197. The first kappa shape index (κ1) is 40.2. The van der Waals surface area contributed by atoms with Gasteiger partial charge >= 0.3 is 5.76 Å². The SMILES string of the molecule is O=C1CCC(n2c(=O)oc3cc(N4CCN(CC5CCN(CC(=O)N6CCC(Nc7ncc(F)c(-c8cccc(-n9ccccc9=O)c8)n7)CC6)CC5)CC4)ccc32)C(=O)N1. The van der Waals surface area contributed by atoms with Crippen LogP contribution < -0.4 is 26.8 Å². The van der Waals surface area contributed by atoms with Gasteiger partial charge in [0.1, 0.15) is 11.7 Å². The van der Waals surface area contributed by atoms with Crippen LogP contribution in [0.5, 0.6) is 0 Å². The number of pyridine rings is 1. The second kappa shape index (κ2) is 17.4. The highest BCUT2D eigenvalue weighted by molar-refractivity contribution is 6.00. The minimum atomic E-state index is -0.767. The minimum Gasteiger partial charge on any atom is -0.408 e. The fraction of sp³-hybridized carbons (Fsp3) is 0.432. The Morgan fingerprint density at radius 3 is 2.41 bits per heavy atom. The maximum atomic E-state index is 15.0. The van der Waals surface area contributed by atoms with Gasteiger partial charge in [0.05, 0.1) is 18.3 Å². The molecule has 3 aromatic heterocycles. The predicted molar refractivity (Wildman–Crippen MR) is 226 cm³/mol. The summed E-state index contributed by atoms with van der Waals surface area (Å²) < 4.78 is 23.4. The number of fused-ring (bicyclic) bond motifs is 1. The predicted octanol–water partition coefficient (Wildman–Crippen LogP) is 3.26. The van der Waals surface area contributed by atoms with E-state index in [2.05, 4.69) is 35.3 Å². The van der Waals surface area contributed by atoms with Gasteiger partial charge in [-0.15, -0.1) is 0 Å². The van der Waals surface area contributed by atoms with Gasteiger partial charge in [-0.3, -0.25) is 43.4 Å². The highest BCUT2D eigenvalue weighted by Gasteiger charge is 2.32. The zero-order valence-electron chi connectivity index (χ0n) is 33.9. The van der Waals surface area contributed by atoms with E-state index in [1.807, 2.05) is 23.1 Å². The van der Waals surface area contributed by atoms with Crippen LogP contribution in [0.25, 0.3) is 28.0 Å². The standard InChI is InChI=1S/C44H49FN10O6/c45-34-26-46-43(49-41(34)30-4-3-5-33(24-30)54-15-2-1-6-39(54)57)47-31-13-18-53(19-14-31)40(58)28-50-16-11-29(12-17-50)27-51-20-22-52(23-21-51)32-7-8-35-37(25-32)61-44(60)55(35)36-9-10-38(56)48-42(36)59/h1-8,15,24-26,29,31,36H,9-14,16-23,27-28H2,(H,46,47,49)(H,48,56,59). The highest BCUT2D eigenvalue weighted by Crippen LogP contribution is 2.29. The average molecular weight is 833 g/mol. The number of piperazine rings is 1. The van der Waals surface area contributed by atoms with Crippen molar-refractivity contribution >= 4 is 40.5 Å². The maximum absolute atomic E-state index is 15.0. The van der Waals surface area contributed by atoms with Crippen LogP contribution in [0.4, 0.5) is 16.0 Å². The molecule has 17 heteroatoms. The first-order valence-electron chi connectivity index (χ1n) is 21.2. The van der Waals surface area contributed by atoms with Gasteiger partial charge in [-0.1, -0.05) is 18.2 Å². The first-order valence-corrected chi connectivity index (χ1v) is 21.2. The van der Waals surface area contributed by atoms with Gasteiger partial charge in [0.2, 0.25) is 23.7 Å². The van der Waals surface area contributed by atoms with E-state index in [-0.39, 0.29) is 42.0 Å². The summed E-state index contributed by atoms with van der Waals surface area (Å²) in [7, 11) is 0. The zero-order valence-corrected chi connectivity index (χ0v) is 33.9. The molecule has 9 rings (SSSR count). The van der Waals surface area contributed by atoms with Crippen LogP contribution in [0.2, 0.25) is 0 Å². The Hall–Kier alpha value is -6.20. The van der Waals surface area contributed by atoms with Crippen LogP contribution in [0, 0.1) is 11.7 Å². The maximum Gasteiger partial charge on any atom is 0.420 e. The van der Waals surface area contributed by atoms with Crippen LogP contribution in [0.15, 0.2) is 87.1 Å². The van der Waals surface area contributed by atoms with E-state index in [1.54, 1.807) is 42.6 Å². The molecule has 5 aromatic rings. The number of aromatic nitrogens is 4. The average Bonchev–Trinajstić information content (AvgIpc) is 3.60. The summed E-state index contributed by atoms with van der Waals surface area (Å²) in [6.07, 6.45) is 6.83. The molecule has 0 bridgehead atoms. The van der Waals surface area contributed by atoms with E-state index in [0.29, 0.717) is 53.9 Å². The number of piperidine rings is 3. The normalized spacial score (nSPS) is 20.0. The number of halogens is 1. The van der Waals surface area contributed by atoms with Gasteiger partial charge in [0.25, 0.3) is 5.56 Å². The van der Waals surface area contributed by atoms with E-state index >= 15 is 0 Å². The van der Waals surface area contributed by atoms with Crippen molar-refractivity contribution < 1.29 is 23.2 Å². The van der Waals surface area contributed by atoms with Gasteiger partial charge in [0.15, 0.2) is 11.4 Å². The number of nitrogens with one attached hydrogen (secondary N) is 2. The van der Waals surface area contributed by atoms with Gasteiger partial charge in [0, 0.05) is 93.5 Å². The second-order valence-electron chi connectivity index (χ2n) is 16.5. The first-order chi connectivity index (χ1) is 29.6. The molecule has 318 valence electrons. The molecule has 0 radical (unpaired) electrons. The van der Waals surface area contributed by atoms with Crippen molar-refractivity contribution in [2.75, 3.05) is 75.7 Å². The summed E-state index contributed by atoms with van der Waals surface area (Å²) in [6.45, 7) is 8.01. The van der Waals surface area contributed by atoms with Gasteiger partial charge in [-0.2, -0.15) is 0 Å². The largest absolute Gasteiger partial charge is 0.420 e. The Morgan fingerprint density at radius 2 is 1.64 bits per heavy atom. The topological polar surface area (TPSA) is 171 Å². The number of hydrogen-bond donors (Lipinski definition) is 2. The van der Waals surface area contributed by atoms with Crippen molar-refractivity contribution in [2.45, 2.75) is 50.6 Å². The number of carbonyl (C=O) groups excluding carboxylic acids is 3. The molecule has 4 aliphatic rings. The van der Waals surface area contributed by atoms with Gasteiger partial charge < -0.3 is 19.5 Å². The molecule has 0 spiro atoms. The summed E-state index contributed by atoms with van der Waals surface area (Å²) >= 11 is 0. The third kappa shape index (κ3) is 8.84. The lowest BCUT2D eigenvalue weighted by atomic mass is 9.95. The lowest BCUT2D eigenvalue weighted by Gasteiger charge is -2.40. The lowest BCUT2D eigenvalue weighted by molar-refractivity contribution is -0.136. The van der Waals surface area contributed by atoms with Crippen LogP contribution in [0.1, 0.15) is 44.6 Å². The second-order valence-corrected chi connectivity index (χ2v) is 16.5. The molecular weight excluding hydrogens is 784 g/mol. The molecule has 2 N–H and O–H groups in total. The minimum absolute atomic E-state index is 0.0418. The summed E-state index contributed by atoms with van der Waals surface area (Å²) in [5.74, 6) is -0.928. The summed E-state index contributed by atoms with van der Waals surface area (Å²) in [5, 5.41) is 5.67. The van der Waals surface area contributed by atoms with Crippen molar-refractivity contribution in [3.05, 3.63) is 99.8 Å². The number of imide groups is 1. The number of rotatable bonds is 10. The van der Waals surface area contributed by atoms with E-state index in [9.17, 15) is 28.4 Å². The number of amides is 3. The third-order valence-corrected chi connectivity index (χ3v) is 12.6. The molecule has 7 heterocycles. The summed E-state index contributed by atoms with van der Waals surface area (Å²) in [5.41, 5.74) is 3.05. The Labute approximate surface area is 350 Å². The summed E-state index contributed by atoms with van der Waals surface area (Å²) in [4.78, 5) is 80.3. The van der Waals surface area contributed by atoms with Crippen molar-refractivity contribution in [1.29, 1.82) is 0 Å². The van der Waals surface area contributed by atoms with Crippen LogP contribution in [-0.4, -0.2) is 123 Å². The molecule has 4 saturated heterocycles. The van der Waals surface area contributed by atoms with Crippen molar-refractivity contribution in [1.82, 2.24) is 39.1 Å². The van der Waals surface area contributed by atoms with Crippen LogP contribution >= 0.6 is 0 Å². The smallest absolute Gasteiger partial charge is 0.408 e. The van der Waals surface area contributed by atoms with Gasteiger partial charge in [-0.25, -0.2) is 19.2 Å². The van der Waals surface area contributed by atoms with E-state index in [0.717, 1.165) is 83.4 Å². The molecule has 16 nitrogen and oxygen atoms in total. The molecule has 3 amide bonds. The zero-order chi connectivity index (χ0) is 42.0. The van der Waals surface area contributed by atoms with Crippen molar-refractivity contribution in [2.24, 2.45) is 5.92 Å². The third-order valence-electron chi connectivity index (χ3n) is 12.6. The number of oxazole rings is 1. The van der Waals surface area contributed by atoms with E-state index in [1.165, 1.54) is 15.2 Å². The molecular formula is C44H49FN10O6. The van der Waals surface area contributed by atoms with Crippen molar-refractivity contribution in [3.8, 4) is 16.9 Å². The molecule has 1 atom stereocenters. The molecule has 4 aliphatic heterocycles. The molecule has 4 fully saturated rings. The van der Waals surface area contributed by atoms with Gasteiger partial charge in [-0.05, 0) is 81.4 Å². The molecule has 61 heavy (non-hydrogen) atoms. The molecule has 0 aliphatic carbocycles. The summed E-state index contributed by atoms with van der Waals surface area (Å²) in [6, 6.07) is 16.9. The molecule has 2 aromatic carbocycles. The molecule has 0 saturated carbocycles. The highest BCUT2D eigenvalue weighted by atomic mass is 19.1. The Balaban J connectivity index is 0.702. The van der Waals surface area contributed by atoms with E-state index < -0.39 is 23.5 Å². The number of nitrogens with zero attached hydrogens (tertiary/aromatic N) is 8. The number of benzene rings is 2. The van der Waals surface area contributed by atoms with Crippen LogP contribution in [-0.2, 0) is 14.4 Å². The van der Waals surface area contributed by atoms with Crippen molar-refractivity contribution in [3.63, 3.8) is 0 Å². The number of carbonyl (C=O) groups is 3.